The Hall–Kier alpha value is -3.94. The summed E-state index contributed by atoms with van der Waals surface area (Å²) in [6.07, 6.45) is 4.97. The van der Waals surface area contributed by atoms with E-state index in [2.05, 4.69) is 37.1 Å². The third kappa shape index (κ3) is 7.79. The molecule has 2 saturated heterocycles. The van der Waals surface area contributed by atoms with Gasteiger partial charge in [-0.2, -0.15) is 13.2 Å². The Bertz CT molecular complexity index is 1750. The van der Waals surface area contributed by atoms with Crippen LogP contribution in [0.3, 0.4) is 0 Å². The average molecular weight is 690 g/mol. The van der Waals surface area contributed by atoms with E-state index in [0.717, 1.165) is 0 Å². The molecule has 0 saturated carbocycles. The number of rotatable bonds is 2. The molecular formula is C31H34F3N7O4S2. The first-order valence-electron chi connectivity index (χ1n) is 15.2. The van der Waals surface area contributed by atoms with Gasteiger partial charge in [0.15, 0.2) is 5.82 Å². The number of hydrogen-bond acceptors (Lipinski definition) is 9. The van der Waals surface area contributed by atoms with Crippen LogP contribution < -0.4 is 20.1 Å². The molecule has 2 fully saturated rings. The van der Waals surface area contributed by atoms with Crippen molar-refractivity contribution >= 4 is 51.6 Å². The number of alkyl halides is 3. The number of fused-ring (bicyclic) bond motifs is 8. The summed E-state index contributed by atoms with van der Waals surface area (Å²) in [6.45, 7) is 2.90. The lowest BCUT2D eigenvalue weighted by Gasteiger charge is -2.34. The number of nitrogens with one attached hydrogen (secondary N) is 3. The van der Waals surface area contributed by atoms with Gasteiger partial charge in [-0.3, -0.25) is 14.3 Å². The molecule has 2 amide bonds. The fraction of sp³-hybridized carbons (Fsp3) is 0.452. The van der Waals surface area contributed by atoms with Gasteiger partial charge in [0.1, 0.15) is 21.8 Å². The third-order valence-corrected chi connectivity index (χ3v) is 10.3. The first kappa shape index (κ1) is 33.0. The monoisotopic (exact) mass is 689 g/mol. The fourth-order valence-electron chi connectivity index (χ4n) is 6.12. The smallest absolute Gasteiger partial charge is 0.447 e. The molecular weight excluding hydrogens is 656 g/mol. The molecule has 0 spiro atoms. The number of ether oxygens (including phenoxy) is 1. The van der Waals surface area contributed by atoms with Crippen LogP contribution in [0.2, 0.25) is 0 Å². The van der Waals surface area contributed by atoms with Gasteiger partial charge in [-0.25, -0.2) is 9.19 Å². The van der Waals surface area contributed by atoms with Gasteiger partial charge in [0, 0.05) is 61.9 Å². The average Bonchev–Trinajstić information content (AvgIpc) is 3.66. The normalized spacial score (nSPS) is 24.0. The highest BCUT2D eigenvalue weighted by Crippen LogP contribution is 2.40. The molecule has 16 heteroatoms. The quantitative estimate of drug-likeness (QED) is 0.274. The molecule has 0 aliphatic carbocycles. The largest absolute Gasteiger partial charge is 0.495 e. The molecule has 3 N–H and O–H groups in total. The van der Waals surface area contributed by atoms with Gasteiger partial charge >= 0.3 is 5.51 Å². The van der Waals surface area contributed by atoms with E-state index in [-0.39, 0.29) is 58.1 Å². The first-order valence-corrected chi connectivity index (χ1v) is 17.3. The minimum atomic E-state index is -4.55. The molecule has 11 nitrogen and oxygen atoms in total. The summed E-state index contributed by atoms with van der Waals surface area (Å²) in [4.78, 5) is 34.7. The molecule has 3 atom stereocenters. The number of benzene rings is 1. The number of carbonyl (C=O) groups excluding carboxylic acids is 2. The summed E-state index contributed by atoms with van der Waals surface area (Å²) in [7, 11) is -0.171. The van der Waals surface area contributed by atoms with Crippen molar-refractivity contribution in [1.29, 1.82) is 0 Å². The Morgan fingerprint density at radius 1 is 1.11 bits per heavy atom. The molecule has 2 unspecified atom stereocenters. The van der Waals surface area contributed by atoms with Crippen molar-refractivity contribution in [2.45, 2.75) is 35.8 Å². The standard InChI is InChI=1S/C31H34F3N7O4S2/c1-45-26-5-4-20-17-24(26)35-9-2-3-21-18-25-27(36-10-14-41(25)30(21)46-31(32,33)34)37-23-7-12-40(13-8-23)29(43)22-6-11-39(19-22)15-16-47(44)38-28(20)42/h4-5,10,14,17-18,22-23,35H,6-9,11-13,15-16,19H2,1H3,(H,36,37)(H,38,42)/t22-,47?/m1/s1. The van der Waals surface area contributed by atoms with Crippen molar-refractivity contribution in [3.05, 3.63) is 47.8 Å². The minimum absolute atomic E-state index is 0.0180. The van der Waals surface area contributed by atoms with Crippen LogP contribution in [0.25, 0.3) is 5.52 Å². The number of anilines is 2. The number of hydrogen-bond donors (Lipinski definition) is 3. The molecule has 8 bridgehead atoms. The lowest BCUT2D eigenvalue weighted by atomic mass is 10.0. The maximum atomic E-state index is 13.7. The highest BCUT2D eigenvalue weighted by molar-refractivity contribution is 8.00. The van der Waals surface area contributed by atoms with E-state index in [9.17, 15) is 27.0 Å². The third-order valence-electron chi connectivity index (χ3n) is 8.48. The molecule has 4 aliphatic rings. The van der Waals surface area contributed by atoms with Crippen LogP contribution in [0.1, 0.15) is 35.2 Å². The van der Waals surface area contributed by atoms with Crippen LogP contribution in [-0.4, -0.2) is 98.9 Å². The Kier molecular flexibility index (Phi) is 9.85. The van der Waals surface area contributed by atoms with Gasteiger partial charge in [0.05, 0.1) is 42.1 Å². The van der Waals surface area contributed by atoms with Crippen LogP contribution in [0, 0.1) is 17.8 Å². The number of amides is 2. The van der Waals surface area contributed by atoms with Crippen molar-refractivity contribution in [3.8, 4) is 17.6 Å². The number of piperidine rings is 1. The highest BCUT2D eigenvalue weighted by Gasteiger charge is 2.35. The molecule has 7 rings (SSSR count). The predicted molar refractivity (Wildman–Crippen MR) is 174 cm³/mol. The summed E-state index contributed by atoms with van der Waals surface area (Å²) >= 11 is -0.243. The second-order valence-electron chi connectivity index (χ2n) is 11.5. The van der Waals surface area contributed by atoms with Gasteiger partial charge < -0.3 is 29.6 Å². The number of carbonyl (C=O) groups is 2. The highest BCUT2D eigenvalue weighted by atomic mass is 32.2. The molecule has 250 valence electrons. The van der Waals surface area contributed by atoms with Crippen molar-refractivity contribution < 1.29 is 31.7 Å². The predicted octanol–water partition coefficient (Wildman–Crippen LogP) is 3.55. The van der Waals surface area contributed by atoms with Crippen molar-refractivity contribution in [1.82, 2.24) is 23.9 Å². The van der Waals surface area contributed by atoms with Gasteiger partial charge in [0.25, 0.3) is 5.91 Å². The summed E-state index contributed by atoms with van der Waals surface area (Å²) in [5, 5.41) is 6.39. The lowest BCUT2D eigenvalue weighted by molar-refractivity contribution is -0.136. The van der Waals surface area contributed by atoms with Gasteiger partial charge in [-0.1, -0.05) is 11.8 Å². The molecule has 2 aromatic heterocycles. The van der Waals surface area contributed by atoms with Crippen LogP contribution in [-0.2, 0) is 15.8 Å². The van der Waals surface area contributed by atoms with Crippen LogP contribution >= 0.6 is 11.8 Å². The number of thioether (sulfide) groups is 1. The van der Waals surface area contributed by atoms with E-state index in [1.807, 2.05) is 4.90 Å². The zero-order valence-electron chi connectivity index (χ0n) is 25.6. The van der Waals surface area contributed by atoms with E-state index in [0.29, 0.717) is 74.8 Å². The Balaban J connectivity index is 1.31. The van der Waals surface area contributed by atoms with Crippen molar-refractivity contribution in [2.24, 2.45) is 5.92 Å². The Labute approximate surface area is 276 Å². The van der Waals surface area contributed by atoms with E-state index >= 15 is 0 Å². The molecule has 4 aliphatic heterocycles. The zero-order chi connectivity index (χ0) is 33.1. The Morgan fingerprint density at radius 2 is 1.91 bits per heavy atom. The zero-order valence-corrected chi connectivity index (χ0v) is 27.2. The first-order chi connectivity index (χ1) is 22.6. The van der Waals surface area contributed by atoms with Gasteiger partial charge in [0.2, 0.25) is 5.91 Å². The lowest BCUT2D eigenvalue weighted by Crippen LogP contribution is -2.45. The van der Waals surface area contributed by atoms with Crippen LogP contribution in [0.5, 0.6) is 5.75 Å². The number of aromatic nitrogens is 2. The number of nitrogens with zero attached hydrogens (tertiary/aromatic N) is 4. The van der Waals surface area contributed by atoms with Crippen LogP contribution in [0.4, 0.5) is 24.7 Å². The number of methoxy groups -OCH3 is 1. The van der Waals surface area contributed by atoms with Gasteiger partial charge in [-0.05, 0) is 50.1 Å². The second kappa shape index (κ2) is 14.0. The van der Waals surface area contributed by atoms with E-state index < -0.39 is 22.4 Å². The van der Waals surface area contributed by atoms with Gasteiger partial charge in [-0.15, -0.1) is 0 Å². The van der Waals surface area contributed by atoms with Crippen LogP contribution in [0.15, 0.2) is 41.7 Å². The topological polar surface area (TPSA) is 120 Å². The Morgan fingerprint density at radius 3 is 2.68 bits per heavy atom. The summed E-state index contributed by atoms with van der Waals surface area (Å²) in [6, 6.07) is 6.24. The maximum Gasteiger partial charge on any atom is 0.447 e. The molecule has 0 radical (unpaired) electrons. The maximum absolute atomic E-state index is 13.7. The molecule has 6 heterocycles. The summed E-state index contributed by atoms with van der Waals surface area (Å²) in [5.74, 6) is 6.26. The minimum Gasteiger partial charge on any atom is -0.495 e. The molecule has 47 heavy (non-hydrogen) atoms. The van der Waals surface area contributed by atoms with E-state index in [1.54, 1.807) is 18.2 Å². The molecule has 3 aromatic rings. The van der Waals surface area contributed by atoms with E-state index in [4.69, 9.17) is 4.74 Å². The van der Waals surface area contributed by atoms with Crippen molar-refractivity contribution in [3.63, 3.8) is 0 Å². The van der Waals surface area contributed by atoms with Crippen molar-refractivity contribution in [2.75, 3.05) is 62.8 Å². The summed E-state index contributed by atoms with van der Waals surface area (Å²) in [5.41, 5.74) is -3.22. The fourth-order valence-corrected chi connectivity index (χ4v) is 7.66. The van der Waals surface area contributed by atoms with E-state index in [1.165, 1.54) is 30.0 Å². The SMILES string of the molecule is COc1ccc2cc1NCC#Cc1cc3c(nccn3c1SC(F)(F)F)NC1CCN(CC1)C(=O)[C@@H]1CCN(CCS(=O)NC2=O)C1. The number of halogens is 3. The molecule has 1 aromatic carbocycles. The second-order valence-corrected chi connectivity index (χ2v) is 13.9. The summed E-state index contributed by atoms with van der Waals surface area (Å²) < 4.78 is 63.1.